The van der Waals surface area contributed by atoms with Crippen molar-refractivity contribution in [3.63, 3.8) is 0 Å². The predicted molar refractivity (Wildman–Crippen MR) is 73.0 cm³/mol. The highest BCUT2D eigenvalue weighted by molar-refractivity contribution is 5.92. The first-order valence-electron chi connectivity index (χ1n) is 6.72. The Kier molecular flexibility index (Phi) is 3.32. The van der Waals surface area contributed by atoms with E-state index >= 15 is 0 Å². The van der Waals surface area contributed by atoms with Crippen LogP contribution in [0.1, 0.15) is 28.2 Å². The molecule has 0 saturated heterocycles. The van der Waals surface area contributed by atoms with Gasteiger partial charge in [0.1, 0.15) is 5.78 Å². The standard InChI is InChI=1S/C17H13F3O/c18-17(19,20)13-7-5-11(6-8-13)9-15-14-4-2-1-3-12(14)10-16(15)21/h1-8,15H,9-10H2. The quantitative estimate of drug-likeness (QED) is 0.811. The molecular weight excluding hydrogens is 277 g/mol. The first-order chi connectivity index (χ1) is 9.95. The minimum atomic E-state index is -4.33. The van der Waals surface area contributed by atoms with Crippen LogP contribution in [-0.2, 0) is 23.8 Å². The molecule has 4 heteroatoms. The van der Waals surface area contributed by atoms with Gasteiger partial charge in [-0.15, -0.1) is 0 Å². The first kappa shape index (κ1) is 13.9. The van der Waals surface area contributed by atoms with Gasteiger partial charge in [-0.25, -0.2) is 0 Å². The molecular formula is C17H13F3O. The zero-order chi connectivity index (χ0) is 15.0. The highest BCUT2D eigenvalue weighted by Crippen LogP contribution is 2.34. The second kappa shape index (κ2) is 5.02. The highest BCUT2D eigenvalue weighted by Gasteiger charge is 2.32. The molecule has 1 aliphatic rings. The smallest absolute Gasteiger partial charge is 0.299 e. The Hall–Kier alpha value is -2.10. The third-order valence-corrected chi connectivity index (χ3v) is 3.90. The van der Waals surface area contributed by atoms with Crippen molar-refractivity contribution in [2.45, 2.75) is 24.9 Å². The van der Waals surface area contributed by atoms with Crippen molar-refractivity contribution in [3.05, 3.63) is 70.8 Å². The minimum absolute atomic E-state index is 0.135. The summed E-state index contributed by atoms with van der Waals surface area (Å²) in [5.74, 6) is -0.103. The van der Waals surface area contributed by atoms with E-state index in [0.29, 0.717) is 12.8 Å². The fourth-order valence-electron chi connectivity index (χ4n) is 2.81. The van der Waals surface area contributed by atoms with Gasteiger partial charge in [-0.05, 0) is 35.2 Å². The van der Waals surface area contributed by atoms with Crippen molar-refractivity contribution in [1.29, 1.82) is 0 Å². The highest BCUT2D eigenvalue weighted by atomic mass is 19.4. The average Bonchev–Trinajstić information content (AvgIpc) is 2.75. The van der Waals surface area contributed by atoms with Gasteiger partial charge in [0, 0.05) is 12.3 Å². The summed E-state index contributed by atoms with van der Waals surface area (Å²) in [6, 6.07) is 12.7. The molecule has 3 rings (SSSR count). The van der Waals surface area contributed by atoms with E-state index in [-0.39, 0.29) is 11.7 Å². The monoisotopic (exact) mass is 290 g/mol. The first-order valence-corrected chi connectivity index (χ1v) is 6.72. The van der Waals surface area contributed by atoms with Gasteiger partial charge in [-0.2, -0.15) is 13.2 Å². The lowest BCUT2D eigenvalue weighted by Crippen LogP contribution is -2.10. The minimum Gasteiger partial charge on any atom is -0.299 e. The Bertz CT molecular complexity index is 671. The van der Waals surface area contributed by atoms with Crippen LogP contribution in [0.25, 0.3) is 0 Å². The van der Waals surface area contributed by atoms with E-state index in [9.17, 15) is 18.0 Å². The number of ketones is 1. The summed E-state index contributed by atoms with van der Waals surface area (Å²) in [5.41, 5.74) is 2.12. The molecule has 1 unspecified atom stereocenters. The molecule has 108 valence electrons. The van der Waals surface area contributed by atoms with E-state index in [2.05, 4.69) is 0 Å². The fraction of sp³-hybridized carbons (Fsp3) is 0.235. The fourth-order valence-corrected chi connectivity index (χ4v) is 2.81. The zero-order valence-electron chi connectivity index (χ0n) is 11.2. The Morgan fingerprint density at radius 1 is 1.00 bits per heavy atom. The molecule has 0 saturated carbocycles. The number of fused-ring (bicyclic) bond motifs is 1. The number of carbonyl (C=O) groups is 1. The summed E-state index contributed by atoms with van der Waals surface area (Å²) in [6.45, 7) is 0. The van der Waals surface area contributed by atoms with Gasteiger partial charge in [-0.1, -0.05) is 36.4 Å². The molecule has 0 N–H and O–H groups in total. The summed E-state index contributed by atoms with van der Waals surface area (Å²) in [4.78, 5) is 12.1. The molecule has 0 spiro atoms. The molecule has 1 aliphatic carbocycles. The van der Waals surface area contributed by atoms with Crippen LogP contribution >= 0.6 is 0 Å². The molecule has 0 bridgehead atoms. The van der Waals surface area contributed by atoms with Crippen molar-refractivity contribution in [1.82, 2.24) is 0 Å². The molecule has 2 aromatic rings. The normalized spacial score (nSPS) is 17.9. The summed E-state index contributed by atoms with van der Waals surface area (Å²) in [6.07, 6.45) is -3.45. The number of hydrogen-bond acceptors (Lipinski definition) is 1. The van der Waals surface area contributed by atoms with Crippen LogP contribution in [0.3, 0.4) is 0 Å². The SMILES string of the molecule is O=C1Cc2ccccc2C1Cc1ccc(C(F)(F)F)cc1. The van der Waals surface area contributed by atoms with Crippen molar-refractivity contribution >= 4 is 5.78 Å². The van der Waals surface area contributed by atoms with Gasteiger partial charge in [0.05, 0.1) is 5.56 Å². The number of benzene rings is 2. The van der Waals surface area contributed by atoms with Crippen molar-refractivity contribution < 1.29 is 18.0 Å². The maximum Gasteiger partial charge on any atom is 0.416 e. The molecule has 0 amide bonds. The second-order valence-electron chi connectivity index (χ2n) is 5.29. The number of alkyl halides is 3. The lowest BCUT2D eigenvalue weighted by Gasteiger charge is -2.12. The van der Waals surface area contributed by atoms with Crippen LogP contribution < -0.4 is 0 Å². The van der Waals surface area contributed by atoms with E-state index in [1.807, 2.05) is 24.3 Å². The Labute approximate surface area is 120 Å². The van der Waals surface area contributed by atoms with E-state index in [1.54, 1.807) is 0 Å². The number of rotatable bonds is 2. The van der Waals surface area contributed by atoms with Gasteiger partial charge in [0.2, 0.25) is 0 Å². The lowest BCUT2D eigenvalue weighted by molar-refractivity contribution is -0.137. The van der Waals surface area contributed by atoms with Crippen molar-refractivity contribution in [2.24, 2.45) is 0 Å². The summed E-state index contributed by atoms with van der Waals surface area (Å²) in [5, 5.41) is 0. The van der Waals surface area contributed by atoms with Gasteiger partial charge in [0.25, 0.3) is 0 Å². The van der Waals surface area contributed by atoms with Gasteiger partial charge in [0.15, 0.2) is 0 Å². The third kappa shape index (κ3) is 2.71. The molecule has 0 heterocycles. The van der Waals surface area contributed by atoms with E-state index in [0.717, 1.165) is 28.8 Å². The number of carbonyl (C=O) groups excluding carboxylic acids is 1. The lowest BCUT2D eigenvalue weighted by atomic mass is 9.92. The van der Waals surface area contributed by atoms with E-state index in [4.69, 9.17) is 0 Å². The van der Waals surface area contributed by atoms with Crippen LogP contribution in [-0.4, -0.2) is 5.78 Å². The van der Waals surface area contributed by atoms with E-state index in [1.165, 1.54) is 12.1 Å². The third-order valence-electron chi connectivity index (χ3n) is 3.90. The Morgan fingerprint density at radius 3 is 2.33 bits per heavy atom. The molecule has 0 fully saturated rings. The van der Waals surface area contributed by atoms with Crippen molar-refractivity contribution in [2.75, 3.05) is 0 Å². The van der Waals surface area contributed by atoms with Gasteiger partial charge < -0.3 is 0 Å². The Morgan fingerprint density at radius 2 is 1.67 bits per heavy atom. The molecule has 1 nitrogen and oxygen atoms in total. The zero-order valence-corrected chi connectivity index (χ0v) is 11.2. The largest absolute Gasteiger partial charge is 0.416 e. The second-order valence-corrected chi connectivity index (χ2v) is 5.29. The summed E-state index contributed by atoms with van der Waals surface area (Å²) in [7, 11) is 0. The number of halogens is 3. The van der Waals surface area contributed by atoms with E-state index < -0.39 is 11.7 Å². The summed E-state index contributed by atoms with van der Waals surface area (Å²) < 4.78 is 37.6. The van der Waals surface area contributed by atoms with Gasteiger partial charge >= 0.3 is 6.18 Å². The predicted octanol–water partition coefficient (Wildman–Crippen LogP) is 4.16. The average molecular weight is 290 g/mol. The van der Waals surface area contributed by atoms with Crippen LogP contribution in [0.5, 0.6) is 0 Å². The van der Waals surface area contributed by atoms with Gasteiger partial charge in [-0.3, -0.25) is 4.79 Å². The molecule has 2 aromatic carbocycles. The maximum absolute atomic E-state index is 12.5. The maximum atomic E-state index is 12.5. The molecule has 1 atom stereocenters. The van der Waals surface area contributed by atoms with Crippen LogP contribution in [0.15, 0.2) is 48.5 Å². The summed E-state index contributed by atoms with van der Waals surface area (Å²) >= 11 is 0. The molecule has 21 heavy (non-hydrogen) atoms. The topological polar surface area (TPSA) is 17.1 Å². The number of hydrogen-bond donors (Lipinski definition) is 0. The number of Topliss-reactive ketones (excluding diaryl/α,β-unsaturated/α-hetero) is 1. The van der Waals surface area contributed by atoms with Crippen LogP contribution in [0.2, 0.25) is 0 Å². The molecule has 0 radical (unpaired) electrons. The molecule has 0 aromatic heterocycles. The van der Waals surface area contributed by atoms with Crippen molar-refractivity contribution in [3.8, 4) is 0 Å². The van der Waals surface area contributed by atoms with Crippen LogP contribution in [0.4, 0.5) is 13.2 Å². The van der Waals surface area contributed by atoms with Crippen LogP contribution in [0, 0.1) is 0 Å². The molecule has 0 aliphatic heterocycles. The Balaban J connectivity index is 1.83.